The van der Waals surface area contributed by atoms with Gasteiger partial charge in [0.1, 0.15) is 11.6 Å². The highest BCUT2D eigenvalue weighted by molar-refractivity contribution is 9.10. The lowest BCUT2D eigenvalue weighted by Crippen LogP contribution is -2.23. The Morgan fingerprint density at radius 2 is 2.00 bits per heavy atom. The first-order chi connectivity index (χ1) is 12.6. The van der Waals surface area contributed by atoms with E-state index in [1.165, 1.54) is 6.08 Å². The lowest BCUT2D eigenvalue weighted by molar-refractivity contribution is -0.117. The van der Waals surface area contributed by atoms with Crippen molar-refractivity contribution in [2.45, 2.75) is 13.5 Å². The summed E-state index contributed by atoms with van der Waals surface area (Å²) in [7, 11) is 1.55. The Balaban J connectivity index is 2.23. The van der Waals surface area contributed by atoms with Crippen LogP contribution < -0.4 is 14.8 Å². The summed E-state index contributed by atoms with van der Waals surface area (Å²) in [5, 5.41) is 12.1. The van der Waals surface area contributed by atoms with Crippen LogP contribution in [0.4, 0.5) is 0 Å². The fourth-order valence-corrected chi connectivity index (χ4v) is 2.70. The van der Waals surface area contributed by atoms with Crippen molar-refractivity contribution in [1.82, 2.24) is 5.32 Å². The highest BCUT2D eigenvalue weighted by Gasteiger charge is 2.13. The van der Waals surface area contributed by atoms with Gasteiger partial charge in [0.05, 0.1) is 13.7 Å². The Kier molecular flexibility index (Phi) is 7.24. The number of nitriles is 1. The van der Waals surface area contributed by atoms with Crippen LogP contribution in [0.2, 0.25) is 0 Å². The quantitative estimate of drug-likeness (QED) is 0.547. The number of carbonyl (C=O) groups is 1. The van der Waals surface area contributed by atoms with Gasteiger partial charge in [0, 0.05) is 11.0 Å². The average molecular weight is 415 g/mol. The second kappa shape index (κ2) is 9.64. The molecule has 0 unspecified atom stereocenters. The predicted octanol–water partition coefficient (Wildman–Crippen LogP) is 4.08. The van der Waals surface area contributed by atoms with Gasteiger partial charge < -0.3 is 14.8 Å². The van der Waals surface area contributed by atoms with Gasteiger partial charge in [-0.3, -0.25) is 4.79 Å². The molecular formula is C20H19BrN2O3. The van der Waals surface area contributed by atoms with E-state index in [-0.39, 0.29) is 5.57 Å². The molecule has 1 amide bonds. The first-order valence-corrected chi connectivity index (χ1v) is 8.82. The number of amides is 1. The molecule has 26 heavy (non-hydrogen) atoms. The van der Waals surface area contributed by atoms with Crippen molar-refractivity contribution >= 4 is 27.9 Å². The molecule has 0 atom stereocenters. The summed E-state index contributed by atoms with van der Waals surface area (Å²) in [5.41, 5.74) is 1.62. The van der Waals surface area contributed by atoms with Crippen molar-refractivity contribution in [3.8, 4) is 17.6 Å². The van der Waals surface area contributed by atoms with E-state index in [1.54, 1.807) is 19.2 Å². The predicted molar refractivity (Wildman–Crippen MR) is 104 cm³/mol. The summed E-state index contributed by atoms with van der Waals surface area (Å²) in [6, 6.07) is 14.9. The normalized spacial score (nSPS) is 10.8. The minimum atomic E-state index is -0.433. The van der Waals surface area contributed by atoms with Crippen LogP contribution in [-0.4, -0.2) is 19.6 Å². The maximum atomic E-state index is 12.3. The zero-order valence-corrected chi connectivity index (χ0v) is 16.2. The largest absolute Gasteiger partial charge is 0.493 e. The van der Waals surface area contributed by atoms with Crippen molar-refractivity contribution in [3.05, 3.63) is 63.6 Å². The molecule has 6 heteroatoms. The molecular weight excluding hydrogens is 396 g/mol. The van der Waals surface area contributed by atoms with E-state index in [0.29, 0.717) is 34.7 Å². The van der Waals surface area contributed by atoms with Crippen molar-refractivity contribution in [3.63, 3.8) is 0 Å². The summed E-state index contributed by atoms with van der Waals surface area (Å²) < 4.78 is 11.5. The van der Waals surface area contributed by atoms with E-state index in [2.05, 4.69) is 21.2 Å². The molecule has 0 saturated carbocycles. The van der Waals surface area contributed by atoms with Gasteiger partial charge in [-0.25, -0.2) is 0 Å². The van der Waals surface area contributed by atoms with Crippen LogP contribution in [-0.2, 0) is 11.3 Å². The molecule has 2 aromatic carbocycles. The number of hydrogen-bond acceptors (Lipinski definition) is 4. The monoisotopic (exact) mass is 414 g/mol. The Hall–Kier alpha value is -2.78. The number of hydrogen-bond donors (Lipinski definition) is 1. The second-order valence-corrected chi connectivity index (χ2v) is 6.15. The van der Waals surface area contributed by atoms with Crippen molar-refractivity contribution in [1.29, 1.82) is 5.26 Å². The lowest BCUT2D eigenvalue weighted by atomic mass is 10.1. The number of rotatable bonds is 7. The summed E-state index contributed by atoms with van der Waals surface area (Å²) in [6.07, 6.45) is 1.52. The first-order valence-electron chi connectivity index (χ1n) is 8.03. The van der Waals surface area contributed by atoms with Crippen LogP contribution in [0.1, 0.15) is 18.1 Å². The zero-order chi connectivity index (χ0) is 18.9. The van der Waals surface area contributed by atoms with E-state index in [9.17, 15) is 10.1 Å². The van der Waals surface area contributed by atoms with E-state index in [0.717, 1.165) is 5.56 Å². The summed E-state index contributed by atoms with van der Waals surface area (Å²) in [6.45, 7) is 2.70. The van der Waals surface area contributed by atoms with Gasteiger partial charge in [0.25, 0.3) is 5.91 Å². The van der Waals surface area contributed by atoms with E-state index in [1.807, 2.05) is 43.3 Å². The van der Waals surface area contributed by atoms with Crippen LogP contribution in [0.3, 0.4) is 0 Å². The molecule has 2 rings (SSSR count). The minimum Gasteiger partial charge on any atom is -0.493 e. The second-order valence-electron chi connectivity index (χ2n) is 5.30. The number of nitrogens with one attached hydrogen (secondary N) is 1. The molecule has 0 aromatic heterocycles. The van der Waals surface area contributed by atoms with Crippen molar-refractivity contribution < 1.29 is 14.3 Å². The number of methoxy groups -OCH3 is 1. The van der Waals surface area contributed by atoms with Gasteiger partial charge in [-0.05, 0) is 36.3 Å². The minimum absolute atomic E-state index is 0.00856. The van der Waals surface area contributed by atoms with Gasteiger partial charge in [-0.1, -0.05) is 46.3 Å². The standard InChI is InChI=1S/C20H19BrN2O3/c1-3-26-19-10-15(17(21)11-18(19)25-2)9-16(12-22)20(24)23-13-14-7-5-4-6-8-14/h4-11H,3,13H2,1-2H3,(H,23,24)/b16-9-. The van der Waals surface area contributed by atoms with E-state index >= 15 is 0 Å². The fourth-order valence-electron chi connectivity index (χ4n) is 2.27. The van der Waals surface area contributed by atoms with Gasteiger partial charge in [-0.15, -0.1) is 0 Å². The molecule has 0 radical (unpaired) electrons. The SMILES string of the molecule is CCOc1cc(/C=C(/C#N)C(=O)NCc2ccccc2)c(Br)cc1OC. The number of halogens is 1. The van der Waals surface area contributed by atoms with Crippen LogP contribution in [0.15, 0.2) is 52.5 Å². The smallest absolute Gasteiger partial charge is 0.262 e. The third-order valence-electron chi connectivity index (χ3n) is 3.54. The highest BCUT2D eigenvalue weighted by atomic mass is 79.9. The molecule has 0 saturated heterocycles. The molecule has 0 bridgehead atoms. The number of ether oxygens (including phenoxy) is 2. The molecule has 0 aliphatic carbocycles. The Bertz CT molecular complexity index is 842. The molecule has 2 aromatic rings. The van der Waals surface area contributed by atoms with Gasteiger partial charge >= 0.3 is 0 Å². The summed E-state index contributed by atoms with van der Waals surface area (Å²) in [5.74, 6) is 0.686. The molecule has 0 aliphatic rings. The number of carbonyl (C=O) groups excluding carboxylic acids is 1. The molecule has 1 N–H and O–H groups in total. The number of nitrogens with zero attached hydrogens (tertiary/aromatic N) is 1. The molecule has 5 nitrogen and oxygen atoms in total. The first kappa shape index (κ1) is 19.5. The Morgan fingerprint density at radius 1 is 1.27 bits per heavy atom. The number of benzene rings is 2. The molecule has 0 fully saturated rings. The van der Waals surface area contributed by atoms with E-state index < -0.39 is 5.91 Å². The molecule has 0 aliphatic heterocycles. The maximum Gasteiger partial charge on any atom is 0.262 e. The van der Waals surface area contributed by atoms with Crippen LogP contribution in [0, 0.1) is 11.3 Å². The molecule has 0 spiro atoms. The van der Waals surface area contributed by atoms with Gasteiger partial charge in [0.15, 0.2) is 11.5 Å². The third kappa shape index (κ3) is 5.11. The molecule has 134 valence electrons. The van der Waals surface area contributed by atoms with Crippen LogP contribution in [0.25, 0.3) is 6.08 Å². The maximum absolute atomic E-state index is 12.3. The average Bonchev–Trinajstić information content (AvgIpc) is 2.67. The summed E-state index contributed by atoms with van der Waals surface area (Å²) in [4.78, 5) is 12.3. The van der Waals surface area contributed by atoms with Gasteiger partial charge in [-0.2, -0.15) is 5.26 Å². The Labute approximate surface area is 161 Å². The zero-order valence-electron chi connectivity index (χ0n) is 14.6. The Morgan fingerprint density at radius 3 is 2.62 bits per heavy atom. The van der Waals surface area contributed by atoms with Crippen molar-refractivity contribution in [2.24, 2.45) is 0 Å². The topological polar surface area (TPSA) is 71.3 Å². The third-order valence-corrected chi connectivity index (χ3v) is 4.23. The highest BCUT2D eigenvalue weighted by Crippen LogP contribution is 2.34. The van der Waals surface area contributed by atoms with Crippen LogP contribution >= 0.6 is 15.9 Å². The van der Waals surface area contributed by atoms with Gasteiger partial charge in [0.2, 0.25) is 0 Å². The molecule has 0 heterocycles. The van der Waals surface area contributed by atoms with E-state index in [4.69, 9.17) is 9.47 Å². The van der Waals surface area contributed by atoms with Crippen LogP contribution in [0.5, 0.6) is 11.5 Å². The van der Waals surface area contributed by atoms with Crippen molar-refractivity contribution in [2.75, 3.05) is 13.7 Å². The fraction of sp³-hybridized carbons (Fsp3) is 0.200. The summed E-state index contributed by atoms with van der Waals surface area (Å²) >= 11 is 3.43. The lowest BCUT2D eigenvalue weighted by Gasteiger charge is -2.12.